The lowest BCUT2D eigenvalue weighted by Gasteiger charge is -2.27. The van der Waals surface area contributed by atoms with E-state index in [-0.39, 0.29) is 49.3 Å². The van der Waals surface area contributed by atoms with E-state index in [4.69, 9.17) is 5.73 Å². The van der Waals surface area contributed by atoms with Crippen LogP contribution in [-0.2, 0) is 37.4 Å². The maximum absolute atomic E-state index is 12.6. The molecule has 9 N–H and O–H groups in total. The van der Waals surface area contributed by atoms with Crippen LogP contribution in [0.4, 0.5) is 0 Å². The fourth-order valence-electron chi connectivity index (χ4n) is 6.84. The molecule has 246 valence electrons. The number of aliphatic hydroxyl groups is 1. The molecule has 1 aromatic heterocycles. The first-order valence-corrected chi connectivity index (χ1v) is 16.6. The van der Waals surface area contributed by atoms with Gasteiger partial charge in [0.25, 0.3) is 5.91 Å². The average Bonchev–Trinajstić information content (AvgIpc) is 3.56. The van der Waals surface area contributed by atoms with E-state index in [1.54, 1.807) is 6.92 Å². The standard InChI is InChI=1S/C33H41N5O7S/c1-14-18(5-7-26(39)40)22(35-21(14)11-24-28(25-13-46-25)17(4)32(44)37-24)12-23-19(6-8-27(41)42)15(2)29(36-23)31(43)30-16(3)20(9-10-34)33(45)38-30/h9-12,17,25,28-31,35-36,43H,5-8,13,34H2,1-4H3,(H,37,44)(H,38,45)(H,39,40)(H,41,42)/p+1/b10-9+,23-12-,24-11-/t17-,25-,28-,29?,30+,31-/m1/s1. The minimum atomic E-state index is -1.08. The highest BCUT2D eigenvalue weighted by Crippen LogP contribution is 2.39. The number of aromatic amines is 1. The van der Waals surface area contributed by atoms with Crippen LogP contribution in [0.15, 0.2) is 46.0 Å². The molecule has 0 radical (unpaired) electrons. The van der Waals surface area contributed by atoms with E-state index < -0.39 is 30.1 Å². The van der Waals surface area contributed by atoms with Gasteiger partial charge in [-0.25, -0.2) is 0 Å². The summed E-state index contributed by atoms with van der Waals surface area (Å²) in [6, 6.07) is -1.32. The van der Waals surface area contributed by atoms with Crippen molar-refractivity contribution in [2.45, 2.75) is 76.8 Å². The summed E-state index contributed by atoms with van der Waals surface area (Å²) in [7, 11) is 0. The third kappa shape index (κ3) is 6.52. The van der Waals surface area contributed by atoms with Crippen molar-refractivity contribution in [3.8, 4) is 0 Å². The van der Waals surface area contributed by atoms with Crippen molar-refractivity contribution >= 4 is 47.7 Å². The lowest BCUT2D eigenvalue weighted by atomic mass is 9.91. The number of hydrogen-bond donors (Lipinski definition) is 8. The van der Waals surface area contributed by atoms with Crippen LogP contribution in [-0.4, -0.2) is 73.2 Å². The zero-order chi connectivity index (χ0) is 33.4. The van der Waals surface area contributed by atoms with Crippen molar-refractivity contribution in [3.63, 3.8) is 0 Å². The number of carboxylic acids is 2. The van der Waals surface area contributed by atoms with E-state index >= 15 is 0 Å². The van der Waals surface area contributed by atoms with Crippen LogP contribution in [0.5, 0.6) is 0 Å². The van der Waals surface area contributed by atoms with Gasteiger partial charge in [0, 0.05) is 47.1 Å². The van der Waals surface area contributed by atoms with Crippen LogP contribution in [0, 0.1) is 18.8 Å². The molecule has 0 bridgehead atoms. The molecule has 0 aromatic carbocycles. The first kappa shape index (κ1) is 33.1. The summed E-state index contributed by atoms with van der Waals surface area (Å²) in [5.74, 6) is -1.22. The van der Waals surface area contributed by atoms with Gasteiger partial charge < -0.3 is 42.0 Å². The summed E-state index contributed by atoms with van der Waals surface area (Å²) in [5.41, 5.74) is 12.5. The van der Waals surface area contributed by atoms with Crippen molar-refractivity contribution in [1.29, 1.82) is 0 Å². The van der Waals surface area contributed by atoms with E-state index in [0.717, 1.165) is 39.4 Å². The first-order valence-electron chi connectivity index (χ1n) is 15.4. The molecule has 5 heterocycles. The summed E-state index contributed by atoms with van der Waals surface area (Å²) in [5, 5.41) is 40.2. The van der Waals surface area contributed by atoms with Gasteiger partial charge in [-0.15, -0.1) is 0 Å². The number of amides is 2. The van der Waals surface area contributed by atoms with Crippen LogP contribution in [0.1, 0.15) is 62.5 Å². The molecule has 0 spiro atoms. The second-order valence-electron chi connectivity index (χ2n) is 12.4. The van der Waals surface area contributed by atoms with Crippen molar-refractivity contribution in [1.82, 2.24) is 20.9 Å². The summed E-state index contributed by atoms with van der Waals surface area (Å²) >= 11 is 1.33. The van der Waals surface area contributed by atoms with Gasteiger partial charge in [0.1, 0.15) is 6.10 Å². The molecule has 46 heavy (non-hydrogen) atoms. The van der Waals surface area contributed by atoms with E-state index in [1.807, 2.05) is 32.9 Å². The van der Waals surface area contributed by atoms with Gasteiger partial charge in [0.15, 0.2) is 11.0 Å². The predicted octanol–water partition coefficient (Wildman–Crippen LogP) is 1.40. The molecule has 6 atom stereocenters. The molecule has 2 fully saturated rings. The van der Waals surface area contributed by atoms with Gasteiger partial charge in [-0.05, 0) is 97.6 Å². The minimum absolute atomic E-state index is 0.00542. The summed E-state index contributed by atoms with van der Waals surface area (Å²) in [4.78, 5) is 51.8. The quantitative estimate of drug-likeness (QED) is 0.0932. The topological polar surface area (TPSA) is 207 Å². The predicted molar refractivity (Wildman–Crippen MR) is 176 cm³/mol. The third-order valence-electron chi connectivity index (χ3n) is 9.55. The Balaban J connectivity index is 1.53. The largest absolute Gasteiger partial charge is 0.481 e. The number of carbonyl (C=O) groups excluding carboxylic acids is 2. The molecule has 2 saturated heterocycles. The Hall–Kier alpha value is -4.23. The van der Waals surface area contributed by atoms with Gasteiger partial charge in [-0.3, -0.25) is 19.2 Å². The van der Waals surface area contributed by atoms with E-state index in [1.165, 1.54) is 24.0 Å². The van der Waals surface area contributed by atoms with Crippen LogP contribution in [0.3, 0.4) is 0 Å². The zero-order valence-corrected chi connectivity index (χ0v) is 27.2. The molecular formula is C33H42N5O7S+. The Kier molecular flexibility index (Phi) is 9.54. The Morgan fingerprint density at radius 2 is 1.65 bits per heavy atom. The average molecular weight is 653 g/mol. The number of nitrogens with two attached hydrogens (primary N) is 1. The number of aliphatic hydroxyl groups excluding tert-OH is 1. The highest BCUT2D eigenvalue weighted by atomic mass is 32.2. The molecule has 5 rings (SSSR count). The lowest BCUT2D eigenvalue weighted by molar-refractivity contribution is -0.138. The van der Waals surface area contributed by atoms with Crippen molar-refractivity contribution < 1.29 is 34.5 Å². The highest BCUT2D eigenvalue weighted by Gasteiger charge is 2.52. The van der Waals surface area contributed by atoms with E-state index in [2.05, 4.69) is 20.9 Å². The number of thiol groups is 1. The smallest absolute Gasteiger partial charge is 0.303 e. The van der Waals surface area contributed by atoms with Crippen molar-refractivity contribution in [2.75, 3.05) is 5.75 Å². The number of aliphatic carboxylic acids is 2. The molecular weight excluding hydrogens is 610 g/mol. The van der Waals surface area contributed by atoms with E-state index in [0.29, 0.717) is 27.8 Å². The second-order valence-corrected chi connectivity index (χ2v) is 13.8. The number of rotatable bonds is 12. The monoisotopic (exact) mass is 652 g/mol. The van der Waals surface area contributed by atoms with Crippen LogP contribution >= 0.6 is 0 Å². The van der Waals surface area contributed by atoms with Crippen LogP contribution in [0.25, 0.3) is 12.2 Å². The van der Waals surface area contributed by atoms with Crippen molar-refractivity contribution in [2.24, 2.45) is 17.6 Å². The molecule has 1 unspecified atom stereocenters. The molecule has 2 amide bonds. The first-order chi connectivity index (χ1) is 21.8. The number of hydrogen-bond acceptors (Lipinski definition) is 7. The number of allylic oxidation sites excluding steroid dienone is 2. The molecule has 12 nitrogen and oxygen atoms in total. The summed E-state index contributed by atoms with van der Waals surface area (Å²) < 4.78 is 0. The fourth-order valence-corrected chi connectivity index (χ4v) is 7.84. The Bertz CT molecular complexity index is 1630. The van der Waals surface area contributed by atoms with Gasteiger partial charge in [-0.1, -0.05) is 6.92 Å². The maximum atomic E-state index is 12.6. The number of aromatic nitrogens is 1. The van der Waals surface area contributed by atoms with Crippen LogP contribution in [0.2, 0.25) is 0 Å². The number of carboxylic acid groups (broad SMARTS) is 2. The number of H-pyrrole nitrogens is 1. The SMILES string of the molecule is CC1=C(CCC(=O)O)/C(=C/c2[nH]c(/C=C3\NC(=O)[C@H](C)[C@H]3[C@H]3C[SH+]3)c(C)c2CCC(=O)O)NC1[C@@H](O)[C@H]1NC(=O)C(/C=C/N)=C1C. The number of nitrogens with one attached hydrogen (secondary N) is 4. The summed E-state index contributed by atoms with van der Waals surface area (Å²) in [6.45, 7) is 7.44. The normalized spacial score (nSPS) is 28.4. The zero-order valence-electron chi connectivity index (χ0n) is 26.3. The third-order valence-corrected chi connectivity index (χ3v) is 10.7. The van der Waals surface area contributed by atoms with Crippen molar-refractivity contribution in [3.05, 3.63) is 68.5 Å². The fraction of sp³-hybridized carbons (Fsp3) is 0.455. The minimum Gasteiger partial charge on any atom is -0.481 e. The van der Waals surface area contributed by atoms with Gasteiger partial charge in [0.2, 0.25) is 5.91 Å². The number of carbonyl (C=O) groups is 4. The molecule has 4 aliphatic rings. The molecule has 1 aromatic rings. The lowest BCUT2D eigenvalue weighted by Crippen LogP contribution is -2.49. The highest BCUT2D eigenvalue weighted by molar-refractivity contribution is 7.86. The molecule has 0 saturated carbocycles. The maximum Gasteiger partial charge on any atom is 0.303 e. The summed E-state index contributed by atoms with van der Waals surface area (Å²) in [6.07, 6.45) is 5.70. The van der Waals surface area contributed by atoms with Crippen LogP contribution < -0.4 is 21.7 Å². The molecule has 0 aliphatic carbocycles. The second kappa shape index (κ2) is 13.2. The van der Waals surface area contributed by atoms with E-state index in [9.17, 15) is 34.5 Å². The molecule has 13 heteroatoms. The van der Waals surface area contributed by atoms with Gasteiger partial charge >= 0.3 is 11.9 Å². The van der Waals surface area contributed by atoms with Gasteiger partial charge in [0.05, 0.1) is 18.0 Å². The molecule has 4 aliphatic heterocycles. The Morgan fingerprint density at radius 3 is 2.28 bits per heavy atom. The Labute approximate surface area is 271 Å². The Morgan fingerprint density at radius 1 is 1.00 bits per heavy atom. The van der Waals surface area contributed by atoms with Gasteiger partial charge in [-0.2, -0.15) is 0 Å².